The number of nitrogens with zero attached hydrogens (tertiary/aromatic N) is 1. The van der Waals surface area contributed by atoms with Gasteiger partial charge in [-0.15, -0.1) is 0 Å². The maximum Gasteiger partial charge on any atom is 0.328 e. The summed E-state index contributed by atoms with van der Waals surface area (Å²) in [5, 5.41) is 9.17. The van der Waals surface area contributed by atoms with Crippen molar-refractivity contribution in [3.63, 3.8) is 0 Å². The van der Waals surface area contributed by atoms with Crippen molar-refractivity contribution < 1.29 is 5.11 Å². The van der Waals surface area contributed by atoms with Crippen LogP contribution in [0, 0.1) is 0 Å². The Kier molecular flexibility index (Phi) is 1.15. The Morgan fingerprint density at radius 3 is 3.09 bits per heavy atom. The minimum atomic E-state index is -0.234. The average molecular weight is 152 g/mol. The standard InChI is InChI=1S/C7H8N2O2/c10-6-5-3-1-2-4-9(5)7(11)8-6/h1-2,10H,3-4H2,(H,8,11). The fraction of sp³-hybridized carbons (Fsp3) is 0.286. The van der Waals surface area contributed by atoms with E-state index in [-0.39, 0.29) is 11.6 Å². The lowest BCUT2D eigenvalue weighted by Gasteiger charge is -2.06. The van der Waals surface area contributed by atoms with Crippen molar-refractivity contribution in [2.75, 3.05) is 0 Å². The molecule has 0 aromatic carbocycles. The van der Waals surface area contributed by atoms with Gasteiger partial charge in [-0.1, -0.05) is 12.2 Å². The summed E-state index contributed by atoms with van der Waals surface area (Å²) in [7, 11) is 0. The molecule has 2 N–H and O–H groups in total. The molecule has 4 heteroatoms. The molecule has 0 spiro atoms. The predicted molar refractivity (Wildman–Crippen MR) is 39.6 cm³/mol. The molecular weight excluding hydrogens is 144 g/mol. The minimum Gasteiger partial charge on any atom is -0.493 e. The number of aromatic nitrogens is 2. The topological polar surface area (TPSA) is 58.0 Å². The van der Waals surface area contributed by atoms with E-state index in [4.69, 9.17) is 5.11 Å². The van der Waals surface area contributed by atoms with E-state index in [0.717, 1.165) is 0 Å². The summed E-state index contributed by atoms with van der Waals surface area (Å²) in [6.07, 6.45) is 4.47. The van der Waals surface area contributed by atoms with E-state index in [2.05, 4.69) is 4.98 Å². The molecule has 0 bridgehead atoms. The quantitative estimate of drug-likeness (QED) is 0.514. The van der Waals surface area contributed by atoms with Gasteiger partial charge in [-0.3, -0.25) is 9.55 Å². The summed E-state index contributed by atoms with van der Waals surface area (Å²) in [5.74, 6) is -0.000602. The number of rotatable bonds is 0. The molecule has 0 aliphatic carbocycles. The summed E-state index contributed by atoms with van der Waals surface area (Å²) < 4.78 is 1.52. The molecule has 2 rings (SSSR count). The Morgan fingerprint density at radius 1 is 1.55 bits per heavy atom. The van der Waals surface area contributed by atoms with Crippen LogP contribution in [-0.4, -0.2) is 14.7 Å². The van der Waals surface area contributed by atoms with Gasteiger partial charge >= 0.3 is 5.69 Å². The molecule has 1 aromatic rings. The summed E-state index contributed by atoms with van der Waals surface area (Å²) in [4.78, 5) is 13.3. The number of hydrogen-bond acceptors (Lipinski definition) is 2. The van der Waals surface area contributed by atoms with Gasteiger partial charge in [-0.2, -0.15) is 0 Å². The molecule has 1 aliphatic heterocycles. The second-order valence-corrected chi connectivity index (χ2v) is 2.51. The highest BCUT2D eigenvalue weighted by atomic mass is 16.3. The first-order valence-corrected chi connectivity index (χ1v) is 3.44. The second kappa shape index (κ2) is 2.02. The Balaban J connectivity index is 2.66. The fourth-order valence-corrected chi connectivity index (χ4v) is 1.27. The van der Waals surface area contributed by atoms with Crippen molar-refractivity contribution in [1.29, 1.82) is 0 Å². The highest BCUT2D eigenvalue weighted by Gasteiger charge is 2.12. The van der Waals surface area contributed by atoms with E-state index in [9.17, 15) is 4.79 Å². The van der Waals surface area contributed by atoms with Crippen LogP contribution < -0.4 is 5.69 Å². The fourth-order valence-electron chi connectivity index (χ4n) is 1.27. The van der Waals surface area contributed by atoms with Crippen molar-refractivity contribution in [3.05, 3.63) is 28.3 Å². The second-order valence-electron chi connectivity index (χ2n) is 2.51. The molecule has 0 fully saturated rings. The van der Waals surface area contributed by atoms with Crippen LogP contribution in [0.2, 0.25) is 0 Å². The molecule has 0 atom stereocenters. The van der Waals surface area contributed by atoms with Gasteiger partial charge in [0.2, 0.25) is 5.88 Å². The van der Waals surface area contributed by atoms with Gasteiger partial charge in [0.05, 0.1) is 5.69 Å². The third-order valence-electron chi connectivity index (χ3n) is 1.84. The van der Waals surface area contributed by atoms with Crippen LogP contribution in [-0.2, 0) is 13.0 Å². The van der Waals surface area contributed by atoms with E-state index in [1.807, 2.05) is 12.2 Å². The number of H-pyrrole nitrogens is 1. The first-order valence-electron chi connectivity index (χ1n) is 3.44. The molecule has 0 amide bonds. The predicted octanol–water partition coefficient (Wildman–Crippen LogP) is -0.00570. The molecule has 1 aliphatic rings. The highest BCUT2D eigenvalue weighted by Crippen LogP contribution is 2.15. The molecule has 2 heterocycles. The molecule has 0 unspecified atom stereocenters. The average Bonchev–Trinajstić information content (AvgIpc) is 2.30. The lowest BCUT2D eigenvalue weighted by Crippen LogP contribution is -2.19. The minimum absolute atomic E-state index is 0.000602. The monoisotopic (exact) mass is 152 g/mol. The number of nitrogens with one attached hydrogen (secondary N) is 1. The molecule has 1 aromatic heterocycles. The van der Waals surface area contributed by atoms with E-state index in [0.29, 0.717) is 18.7 Å². The zero-order valence-corrected chi connectivity index (χ0v) is 5.87. The SMILES string of the molecule is O=c1[nH]c(O)c2n1CC=CC2. The largest absolute Gasteiger partial charge is 0.493 e. The van der Waals surface area contributed by atoms with Crippen LogP contribution in [0.3, 0.4) is 0 Å². The molecule has 0 saturated carbocycles. The lowest BCUT2D eigenvalue weighted by molar-refractivity contribution is 0.448. The van der Waals surface area contributed by atoms with Gasteiger partial charge in [0, 0.05) is 13.0 Å². The number of aromatic amines is 1. The van der Waals surface area contributed by atoms with Gasteiger partial charge in [0.15, 0.2) is 0 Å². The van der Waals surface area contributed by atoms with E-state index >= 15 is 0 Å². The van der Waals surface area contributed by atoms with Crippen molar-refractivity contribution >= 4 is 0 Å². The number of fused-ring (bicyclic) bond motifs is 1. The Hall–Kier alpha value is -1.45. The van der Waals surface area contributed by atoms with Gasteiger partial charge in [0.1, 0.15) is 0 Å². The van der Waals surface area contributed by atoms with Crippen LogP contribution >= 0.6 is 0 Å². The van der Waals surface area contributed by atoms with E-state index < -0.39 is 0 Å². The Morgan fingerprint density at radius 2 is 2.36 bits per heavy atom. The first-order chi connectivity index (χ1) is 5.29. The number of allylic oxidation sites excluding steroid dienone is 2. The normalized spacial score (nSPS) is 14.9. The van der Waals surface area contributed by atoms with Crippen LogP contribution in [0.5, 0.6) is 5.88 Å². The van der Waals surface area contributed by atoms with Crippen LogP contribution in [0.25, 0.3) is 0 Å². The molecule has 0 saturated heterocycles. The maximum absolute atomic E-state index is 11.0. The summed E-state index contributed by atoms with van der Waals surface area (Å²) in [6, 6.07) is 0. The van der Waals surface area contributed by atoms with E-state index in [1.165, 1.54) is 4.57 Å². The zero-order chi connectivity index (χ0) is 7.84. The number of hydrogen-bond donors (Lipinski definition) is 2. The van der Waals surface area contributed by atoms with Gasteiger partial charge < -0.3 is 5.11 Å². The van der Waals surface area contributed by atoms with Crippen molar-refractivity contribution in [2.24, 2.45) is 0 Å². The maximum atomic E-state index is 11.0. The number of aromatic hydroxyl groups is 1. The third-order valence-corrected chi connectivity index (χ3v) is 1.84. The van der Waals surface area contributed by atoms with Crippen molar-refractivity contribution in [3.8, 4) is 5.88 Å². The zero-order valence-electron chi connectivity index (χ0n) is 5.87. The van der Waals surface area contributed by atoms with Gasteiger partial charge in [-0.05, 0) is 0 Å². The summed E-state index contributed by atoms with van der Waals surface area (Å²) in [6.45, 7) is 0.561. The molecular formula is C7H8N2O2. The highest BCUT2D eigenvalue weighted by molar-refractivity contribution is 5.23. The first kappa shape index (κ1) is 6.27. The van der Waals surface area contributed by atoms with Crippen LogP contribution in [0.4, 0.5) is 0 Å². The molecule has 4 nitrogen and oxygen atoms in total. The van der Waals surface area contributed by atoms with Gasteiger partial charge in [0.25, 0.3) is 0 Å². The smallest absolute Gasteiger partial charge is 0.328 e. The van der Waals surface area contributed by atoms with Crippen LogP contribution in [0.15, 0.2) is 16.9 Å². The summed E-state index contributed by atoms with van der Waals surface area (Å²) >= 11 is 0. The van der Waals surface area contributed by atoms with Crippen molar-refractivity contribution in [1.82, 2.24) is 9.55 Å². The third kappa shape index (κ3) is 0.790. The Bertz CT molecular complexity index is 359. The Labute approximate surface area is 62.8 Å². The van der Waals surface area contributed by atoms with Gasteiger partial charge in [-0.25, -0.2) is 4.79 Å². The number of imidazole rings is 1. The summed E-state index contributed by atoms with van der Waals surface area (Å²) in [5.41, 5.74) is 0.444. The van der Waals surface area contributed by atoms with Crippen molar-refractivity contribution in [2.45, 2.75) is 13.0 Å². The molecule has 58 valence electrons. The molecule has 0 radical (unpaired) electrons. The van der Waals surface area contributed by atoms with E-state index in [1.54, 1.807) is 0 Å². The lowest BCUT2D eigenvalue weighted by atomic mass is 10.2. The molecule has 11 heavy (non-hydrogen) atoms. The van der Waals surface area contributed by atoms with Crippen LogP contribution in [0.1, 0.15) is 5.69 Å².